The maximum absolute atomic E-state index is 13.5. The Bertz CT molecular complexity index is 1130. The van der Waals surface area contributed by atoms with Crippen LogP contribution in [0.2, 0.25) is 0 Å². The Hall–Kier alpha value is -3.05. The molecule has 140 valence electrons. The summed E-state index contributed by atoms with van der Waals surface area (Å²) in [4.78, 5) is 24.3. The lowest BCUT2D eigenvalue weighted by molar-refractivity contribution is 0.0984. The van der Waals surface area contributed by atoms with E-state index < -0.39 is 0 Å². The Morgan fingerprint density at radius 2 is 1.75 bits per heavy atom. The number of carbonyl (C=O) groups excluding carboxylic acids is 1. The van der Waals surface area contributed by atoms with Gasteiger partial charge in [0.05, 0.1) is 22.5 Å². The lowest BCUT2D eigenvalue weighted by Gasteiger charge is -2.20. The number of aryl methyl sites for hydroxylation is 3. The number of thiazole rings is 1. The molecular weight excluding hydrogens is 366 g/mol. The third-order valence-corrected chi connectivity index (χ3v) is 5.56. The zero-order chi connectivity index (χ0) is 19.7. The van der Waals surface area contributed by atoms with Crippen LogP contribution in [-0.2, 0) is 6.54 Å². The van der Waals surface area contributed by atoms with Crippen LogP contribution in [0.4, 0.5) is 5.13 Å². The number of amides is 1. The molecule has 2 aromatic heterocycles. The molecule has 2 heterocycles. The highest BCUT2D eigenvalue weighted by atomic mass is 32.1. The summed E-state index contributed by atoms with van der Waals surface area (Å²) in [6.45, 7) is 6.46. The van der Waals surface area contributed by atoms with Gasteiger partial charge in [0.1, 0.15) is 0 Å². The van der Waals surface area contributed by atoms with Crippen LogP contribution >= 0.6 is 11.3 Å². The van der Waals surface area contributed by atoms with Gasteiger partial charge in [-0.2, -0.15) is 0 Å². The highest BCUT2D eigenvalue weighted by molar-refractivity contribution is 7.22. The number of rotatable bonds is 4. The average molecular weight is 388 g/mol. The normalized spacial score (nSPS) is 11.0. The van der Waals surface area contributed by atoms with Crippen molar-refractivity contribution in [3.8, 4) is 0 Å². The van der Waals surface area contributed by atoms with E-state index in [1.54, 1.807) is 11.1 Å². The molecule has 0 atom stereocenters. The van der Waals surface area contributed by atoms with Crippen molar-refractivity contribution in [3.63, 3.8) is 0 Å². The summed E-state index contributed by atoms with van der Waals surface area (Å²) >= 11 is 1.54. The summed E-state index contributed by atoms with van der Waals surface area (Å²) in [5.74, 6) is -0.0618. The Morgan fingerprint density at radius 1 is 0.964 bits per heavy atom. The fourth-order valence-corrected chi connectivity index (χ4v) is 4.33. The molecule has 0 spiro atoms. The Balaban J connectivity index is 1.79. The molecule has 4 aromatic rings. The highest BCUT2D eigenvalue weighted by Crippen LogP contribution is 2.31. The summed E-state index contributed by atoms with van der Waals surface area (Å²) < 4.78 is 1.08. The second-order valence-electron chi connectivity index (χ2n) is 7.06. The minimum Gasteiger partial charge on any atom is -0.278 e. The predicted molar refractivity (Wildman–Crippen MR) is 115 cm³/mol. The van der Waals surface area contributed by atoms with Crippen molar-refractivity contribution in [2.75, 3.05) is 4.90 Å². The number of benzene rings is 2. The van der Waals surface area contributed by atoms with E-state index in [1.807, 2.05) is 56.3 Å². The minimum absolute atomic E-state index is 0.0618. The maximum atomic E-state index is 13.5. The van der Waals surface area contributed by atoms with Crippen molar-refractivity contribution >= 4 is 32.6 Å². The number of aromatic nitrogens is 2. The number of hydrogen-bond donors (Lipinski definition) is 0. The third-order valence-electron chi connectivity index (χ3n) is 4.52. The SMILES string of the molecule is Cc1cc(C)cc(C(=O)N(Cc2ccccn2)c2nc3ccc(C)cc3s2)c1. The van der Waals surface area contributed by atoms with Gasteiger partial charge in [0.25, 0.3) is 5.91 Å². The molecule has 4 nitrogen and oxygen atoms in total. The number of hydrogen-bond acceptors (Lipinski definition) is 4. The number of nitrogens with zero attached hydrogens (tertiary/aromatic N) is 3. The molecule has 1 amide bonds. The Kier molecular flexibility index (Phi) is 4.92. The first-order chi connectivity index (χ1) is 13.5. The summed E-state index contributed by atoms with van der Waals surface area (Å²) in [5.41, 5.74) is 5.73. The smallest absolute Gasteiger partial charge is 0.260 e. The van der Waals surface area contributed by atoms with E-state index in [-0.39, 0.29) is 5.91 Å². The number of fused-ring (bicyclic) bond motifs is 1. The van der Waals surface area contributed by atoms with Crippen molar-refractivity contribution in [2.24, 2.45) is 0 Å². The second-order valence-corrected chi connectivity index (χ2v) is 8.07. The summed E-state index contributed by atoms with van der Waals surface area (Å²) in [6, 6.07) is 17.8. The zero-order valence-electron chi connectivity index (χ0n) is 16.1. The monoisotopic (exact) mass is 387 g/mol. The molecule has 0 bridgehead atoms. The molecule has 2 aromatic carbocycles. The second kappa shape index (κ2) is 7.52. The number of anilines is 1. The van der Waals surface area contributed by atoms with E-state index in [0.29, 0.717) is 17.2 Å². The van der Waals surface area contributed by atoms with Gasteiger partial charge in [-0.3, -0.25) is 14.7 Å². The van der Waals surface area contributed by atoms with Gasteiger partial charge in [0.15, 0.2) is 5.13 Å². The molecule has 0 fully saturated rings. The predicted octanol–water partition coefficient (Wildman–Crippen LogP) is 5.46. The van der Waals surface area contributed by atoms with Gasteiger partial charge in [-0.25, -0.2) is 4.98 Å². The van der Waals surface area contributed by atoms with Crippen molar-refractivity contribution in [3.05, 3.63) is 88.7 Å². The third kappa shape index (κ3) is 3.80. The molecule has 0 aliphatic carbocycles. The lowest BCUT2D eigenvalue weighted by atomic mass is 10.1. The molecule has 0 saturated carbocycles. The average Bonchev–Trinajstić information content (AvgIpc) is 3.08. The molecule has 0 unspecified atom stereocenters. The topological polar surface area (TPSA) is 46.1 Å². The molecular formula is C23H21N3OS. The van der Waals surface area contributed by atoms with Crippen LogP contribution < -0.4 is 4.90 Å². The van der Waals surface area contributed by atoms with E-state index in [2.05, 4.69) is 24.0 Å². The van der Waals surface area contributed by atoms with Crippen LogP contribution in [0, 0.1) is 20.8 Å². The fourth-order valence-electron chi connectivity index (χ4n) is 3.27. The molecule has 0 aliphatic heterocycles. The summed E-state index contributed by atoms with van der Waals surface area (Å²) in [7, 11) is 0. The molecule has 0 aliphatic rings. The molecule has 0 saturated heterocycles. The minimum atomic E-state index is -0.0618. The summed E-state index contributed by atoms with van der Waals surface area (Å²) in [6.07, 6.45) is 1.75. The van der Waals surface area contributed by atoms with Crippen molar-refractivity contribution in [1.29, 1.82) is 0 Å². The number of carbonyl (C=O) groups is 1. The van der Waals surface area contributed by atoms with E-state index in [1.165, 1.54) is 16.9 Å². The standard InChI is InChI=1S/C23H21N3OS/c1-15-7-8-20-21(13-15)28-23(25-20)26(14-19-6-4-5-9-24-19)22(27)18-11-16(2)10-17(3)12-18/h4-13H,14H2,1-3H3. The van der Waals surface area contributed by atoms with Crippen LogP contribution in [0.1, 0.15) is 32.7 Å². The van der Waals surface area contributed by atoms with Gasteiger partial charge >= 0.3 is 0 Å². The first kappa shape index (κ1) is 18.3. The lowest BCUT2D eigenvalue weighted by Crippen LogP contribution is -2.30. The molecule has 28 heavy (non-hydrogen) atoms. The van der Waals surface area contributed by atoms with Gasteiger partial charge in [-0.15, -0.1) is 0 Å². The quantitative estimate of drug-likeness (QED) is 0.467. The van der Waals surface area contributed by atoms with Gasteiger partial charge in [0, 0.05) is 11.8 Å². The van der Waals surface area contributed by atoms with Crippen LogP contribution in [0.15, 0.2) is 60.8 Å². The van der Waals surface area contributed by atoms with E-state index in [0.717, 1.165) is 27.0 Å². The van der Waals surface area contributed by atoms with Gasteiger partial charge < -0.3 is 0 Å². The van der Waals surface area contributed by atoms with Crippen LogP contribution in [-0.4, -0.2) is 15.9 Å². The Labute approximate surface area is 168 Å². The molecule has 0 N–H and O–H groups in total. The van der Waals surface area contributed by atoms with Crippen LogP contribution in [0.25, 0.3) is 10.2 Å². The van der Waals surface area contributed by atoms with E-state index in [9.17, 15) is 4.79 Å². The number of pyridine rings is 1. The summed E-state index contributed by atoms with van der Waals surface area (Å²) in [5, 5.41) is 0.690. The fraction of sp³-hybridized carbons (Fsp3) is 0.174. The Morgan fingerprint density at radius 3 is 2.46 bits per heavy atom. The molecule has 4 rings (SSSR count). The first-order valence-electron chi connectivity index (χ1n) is 9.17. The zero-order valence-corrected chi connectivity index (χ0v) is 17.0. The maximum Gasteiger partial charge on any atom is 0.260 e. The molecule has 5 heteroatoms. The van der Waals surface area contributed by atoms with Crippen molar-refractivity contribution in [1.82, 2.24) is 9.97 Å². The first-order valence-corrected chi connectivity index (χ1v) is 9.98. The largest absolute Gasteiger partial charge is 0.278 e. The van der Waals surface area contributed by atoms with Crippen molar-refractivity contribution < 1.29 is 4.79 Å². The van der Waals surface area contributed by atoms with Gasteiger partial charge in [-0.05, 0) is 62.7 Å². The van der Waals surface area contributed by atoms with Crippen LogP contribution in [0.3, 0.4) is 0 Å². The van der Waals surface area contributed by atoms with Crippen LogP contribution in [0.5, 0.6) is 0 Å². The van der Waals surface area contributed by atoms with E-state index >= 15 is 0 Å². The van der Waals surface area contributed by atoms with E-state index in [4.69, 9.17) is 4.98 Å². The van der Waals surface area contributed by atoms with Gasteiger partial charge in [0.2, 0.25) is 0 Å². The molecule has 0 radical (unpaired) electrons. The highest BCUT2D eigenvalue weighted by Gasteiger charge is 2.22. The van der Waals surface area contributed by atoms with Crippen molar-refractivity contribution in [2.45, 2.75) is 27.3 Å². The van der Waals surface area contributed by atoms with Gasteiger partial charge in [-0.1, -0.05) is 40.7 Å².